The van der Waals surface area contributed by atoms with Gasteiger partial charge in [-0.25, -0.2) is 0 Å². The van der Waals surface area contributed by atoms with E-state index in [1.807, 2.05) is 12.1 Å². The summed E-state index contributed by atoms with van der Waals surface area (Å²) in [6, 6.07) is 4.64. The number of Topliss-reactive ketones (excluding diaryl/α,β-unsaturated/α-hetero) is 1. The number of aliphatic hydroxyl groups is 1. The van der Waals surface area contributed by atoms with Crippen LogP contribution in [0.3, 0.4) is 0 Å². The molecular weight excluding hydrogens is 514 g/mol. The Balaban J connectivity index is 1.46. The summed E-state index contributed by atoms with van der Waals surface area (Å²) in [6.45, 7) is 3.65. The minimum absolute atomic E-state index is 0.137. The summed E-state index contributed by atoms with van der Waals surface area (Å²) in [7, 11) is 1.57. The Morgan fingerprint density at radius 1 is 1.00 bits per heavy atom. The average molecular weight is 558 g/mol. The highest BCUT2D eigenvalue weighted by Crippen LogP contribution is 2.33. The third-order valence-corrected chi connectivity index (χ3v) is 8.53. The van der Waals surface area contributed by atoms with Crippen molar-refractivity contribution in [3.63, 3.8) is 0 Å². The summed E-state index contributed by atoms with van der Waals surface area (Å²) >= 11 is 0. The molecule has 6 atom stereocenters. The number of hydrogen-bond acceptors (Lipinski definition) is 7. The van der Waals surface area contributed by atoms with Crippen LogP contribution in [0.25, 0.3) is 0 Å². The number of carbonyl (C=O) groups excluding carboxylic acids is 4. The van der Waals surface area contributed by atoms with Crippen molar-refractivity contribution in [2.45, 2.75) is 101 Å². The van der Waals surface area contributed by atoms with E-state index in [0.29, 0.717) is 44.0 Å². The van der Waals surface area contributed by atoms with E-state index in [9.17, 15) is 24.3 Å². The number of ketones is 1. The molecule has 0 radical (unpaired) electrons. The van der Waals surface area contributed by atoms with Gasteiger partial charge in [0.25, 0.3) is 0 Å². The molecule has 3 aliphatic rings. The summed E-state index contributed by atoms with van der Waals surface area (Å²) in [5, 5.41) is 18.2. The predicted molar refractivity (Wildman–Crippen MR) is 147 cm³/mol. The van der Waals surface area contributed by atoms with Gasteiger partial charge in [0.2, 0.25) is 17.7 Å². The summed E-state index contributed by atoms with van der Waals surface area (Å²) in [6.07, 6.45) is 6.04. The van der Waals surface area contributed by atoms with Crippen molar-refractivity contribution in [2.75, 3.05) is 13.7 Å². The quantitative estimate of drug-likeness (QED) is 0.271. The maximum absolute atomic E-state index is 13.7. The number of methoxy groups -OCH3 is 1. The minimum Gasteiger partial charge on any atom is -0.497 e. The minimum atomic E-state index is -0.972. The number of epoxide rings is 1. The molecule has 3 fully saturated rings. The van der Waals surface area contributed by atoms with Gasteiger partial charge in [0, 0.05) is 12.3 Å². The highest BCUT2D eigenvalue weighted by molar-refractivity contribution is 5.98. The smallest absolute Gasteiger partial charge is 0.243 e. The highest BCUT2D eigenvalue weighted by atomic mass is 16.6. The SMILES string of the molecule is COc1ccc(C[C@H](NC(=O)[C@@H](C)NC(=O)[C@H]2CC[C@H](O)C2)C(=O)N[C@@H](CC2CCCC2)C(=O)[C@]2(C)CO2)cc1. The number of aliphatic hydroxyl groups excluding tert-OH is 1. The van der Waals surface area contributed by atoms with Gasteiger partial charge in [0.05, 0.1) is 25.9 Å². The van der Waals surface area contributed by atoms with E-state index in [1.165, 1.54) is 0 Å². The molecule has 220 valence electrons. The molecule has 10 nitrogen and oxygen atoms in total. The Hall–Kier alpha value is -2.98. The molecular formula is C30H43N3O7. The fourth-order valence-corrected chi connectivity index (χ4v) is 5.80. The van der Waals surface area contributed by atoms with Gasteiger partial charge in [-0.05, 0) is 63.1 Å². The van der Waals surface area contributed by atoms with Crippen LogP contribution in [-0.4, -0.2) is 72.2 Å². The van der Waals surface area contributed by atoms with E-state index in [0.717, 1.165) is 31.2 Å². The molecule has 2 saturated carbocycles. The second-order valence-corrected chi connectivity index (χ2v) is 11.8. The normalized spacial score (nSPS) is 26.4. The molecule has 40 heavy (non-hydrogen) atoms. The van der Waals surface area contributed by atoms with Crippen LogP contribution in [0.4, 0.5) is 0 Å². The van der Waals surface area contributed by atoms with Gasteiger partial charge in [-0.2, -0.15) is 0 Å². The molecule has 1 heterocycles. The van der Waals surface area contributed by atoms with Gasteiger partial charge in [-0.3, -0.25) is 19.2 Å². The Bertz CT molecular complexity index is 1070. The van der Waals surface area contributed by atoms with Gasteiger partial charge in [0.1, 0.15) is 23.4 Å². The van der Waals surface area contributed by atoms with Gasteiger partial charge >= 0.3 is 0 Å². The Labute approximate surface area is 235 Å². The maximum Gasteiger partial charge on any atom is 0.243 e. The molecule has 1 aromatic carbocycles. The van der Waals surface area contributed by atoms with Gasteiger partial charge in [0.15, 0.2) is 5.78 Å². The lowest BCUT2D eigenvalue weighted by Crippen LogP contribution is -2.57. The number of ether oxygens (including phenoxy) is 2. The number of carbonyl (C=O) groups is 4. The third-order valence-electron chi connectivity index (χ3n) is 8.53. The number of amides is 3. The molecule has 4 rings (SSSR count). The van der Waals surface area contributed by atoms with Crippen molar-refractivity contribution in [1.82, 2.24) is 16.0 Å². The zero-order valence-corrected chi connectivity index (χ0v) is 23.7. The van der Waals surface area contributed by atoms with Crippen molar-refractivity contribution < 1.29 is 33.8 Å². The van der Waals surface area contributed by atoms with E-state index in [2.05, 4.69) is 16.0 Å². The Morgan fingerprint density at radius 2 is 1.65 bits per heavy atom. The first-order chi connectivity index (χ1) is 19.1. The van der Waals surface area contributed by atoms with Crippen LogP contribution in [0.15, 0.2) is 24.3 Å². The van der Waals surface area contributed by atoms with E-state index in [1.54, 1.807) is 33.1 Å². The molecule has 1 aromatic rings. The first kappa shape index (κ1) is 30.0. The highest BCUT2D eigenvalue weighted by Gasteiger charge is 2.50. The largest absolute Gasteiger partial charge is 0.497 e. The van der Waals surface area contributed by atoms with Crippen LogP contribution in [0, 0.1) is 11.8 Å². The summed E-state index contributed by atoms with van der Waals surface area (Å²) in [4.78, 5) is 52.8. The first-order valence-electron chi connectivity index (χ1n) is 14.5. The monoisotopic (exact) mass is 557 g/mol. The zero-order valence-electron chi connectivity index (χ0n) is 23.7. The molecule has 0 unspecified atom stereocenters. The fourth-order valence-electron chi connectivity index (χ4n) is 5.80. The Kier molecular flexibility index (Phi) is 9.84. The standard InChI is InChI=1S/C30H43N3O7/c1-18(31-28(37)21-10-11-22(34)16-21)27(36)33-25(15-20-8-12-23(39-3)13-9-20)29(38)32-24(14-19-6-4-5-7-19)26(35)30(2)17-40-30/h8-9,12-13,18-19,21-22,24-25,34H,4-7,10-11,14-17H2,1-3H3,(H,31,37)(H,32,38)(H,33,36)/t18-,21+,22+,24+,25+,30+/m1/s1. The van der Waals surface area contributed by atoms with Crippen LogP contribution in [0.1, 0.15) is 70.8 Å². The lowest BCUT2D eigenvalue weighted by atomic mass is 9.90. The lowest BCUT2D eigenvalue weighted by molar-refractivity contribution is -0.134. The molecule has 0 bridgehead atoms. The van der Waals surface area contributed by atoms with Gasteiger partial charge in [-0.15, -0.1) is 0 Å². The Morgan fingerprint density at radius 3 is 2.23 bits per heavy atom. The molecule has 3 amide bonds. The zero-order chi connectivity index (χ0) is 28.9. The van der Waals surface area contributed by atoms with Crippen molar-refractivity contribution in [1.29, 1.82) is 0 Å². The molecule has 1 saturated heterocycles. The van der Waals surface area contributed by atoms with Crippen LogP contribution in [0.5, 0.6) is 5.75 Å². The van der Waals surface area contributed by atoms with Crippen LogP contribution < -0.4 is 20.7 Å². The van der Waals surface area contributed by atoms with Gasteiger partial charge in [-0.1, -0.05) is 37.8 Å². The summed E-state index contributed by atoms with van der Waals surface area (Å²) in [5.74, 6) is -0.689. The predicted octanol–water partition coefficient (Wildman–Crippen LogP) is 1.81. The first-order valence-corrected chi connectivity index (χ1v) is 14.5. The number of benzene rings is 1. The molecule has 4 N–H and O–H groups in total. The fraction of sp³-hybridized carbons (Fsp3) is 0.667. The number of nitrogens with one attached hydrogen (secondary N) is 3. The molecule has 0 aromatic heterocycles. The molecule has 2 aliphatic carbocycles. The van der Waals surface area contributed by atoms with Crippen LogP contribution in [-0.2, 0) is 30.3 Å². The van der Waals surface area contributed by atoms with Crippen molar-refractivity contribution >= 4 is 23.5 Å². The van der Waals surface area contributed by atoms with E-state index in [-0.39, 0.29) is 24.0 Å². The van der Waals surface area contributed by atoms with E-state index >= 15 is 0 Å². The maximum atomic E-state index is 13.7. The second-order valence-electron chi connectivity index (χ2n) is 11.8. The van der Waals surface area contributed by atoms with Crippen molar-refractivity contribution in [3.05, 3.63) is 29.8 Å². The van der Waals surface area contributed by atoms with E-state index in [4.69, 9.17) is 9.47 Å². The molecule has 10 heteroatoms. The molecule has 1 aliphatic heterocycles. The van der Waals surface area contributed by atoms with Crippen LogP contribution >= 0.6 is 0 Å². The average Bonchev–Trinajstić information content (AvgIpc) is 3.28. The van der Waals surface area contributed by atoms with E-state index < -0.39 is 41.6 Å². The lowest BCUT2D eigenvalue weighted by Gasteiger charge is -2.27. The summed E-state index contributed by atoms with van der Waals surface area (Å²) < 4.78 is 10.6. The van der Waals surface area contributed by atoms with Crippen LogP contribution in [0.2, 0.25) is 0 Å². The topological polar surface area (TPSA) is 146 Å². The van der Waals surface area contributed by atoms with Crippen molar-refractivity contribution in [3.8, 4) is 5.75 Å². The molecule has 0 spiro atoms. The second kappa shape index (κ2) is 13.1. The number of rotatable bonds is 13. The number of hydrogen-bond donors (Lipinski definition) is 4. The summed E-state index contributed by atoms with van der Waals surface area (Å²) in [5.41, 5.74) is -0.0771. The third kappa shape index (κ3) is 7.81. The van der Waals surface area contributed by atoms with Gasteiger partial charge < -0.3 is 30.5 Å². The van der Waals surface area contributed by atoms with Crippen molar-refractivity contribution in [2.24, 2.45) is 11.8 Å².